The van der Waals surface area contributed by atoms with E-state index in [4.69, 9.17) is 0 Å². The van der Waals surface area contributed by atoms with Crippen LogP contribution in [0.4, 0.5) is 0 Å². The third-order valence-corrected chi connectivity index (χ3v) is 6.39. The van der Waals surface area contributed by atoms with E-state index >= 15 is 0 Å². The predicted molar refractivity (Wildman–Crippen MR) is 123 cm³/mol. The fraction of sp³-hybridized carbons (Fsp3) is 0.692. The van der Waals surface area contributed by atoms with Crippen molar-refractivity contribution in [2.75, 3.05) is 0 Å². The van der Waals surface area contributed by atoms with Gasteiger partial charge in [-0.3, -0.25) is 9.59 Å². The molecule has 4 nitrogen and oxygen atoms in total. The number of carboxylic acids is 2. The highest BCUT2D eigenvalue weighted by Gasteiger charge is 2.26. The van der Waals surface area contributed by atoms with Gasteiger partial charge in [-0.2, -0.15) is 0 Å². The van der Waals surface area contributed by atoms with E-state index in [-0.39, 0.29) is 0 Å². The molecule has 30 heavy (non-hydrogen) atoms. The number of carbonyl (C=O) groups is 2. The standard InChI is InChI=1S/C26H42O4/c1-20-14-13-16-21(15-9-8-12-19-26(4,5)24(29)30)22(20)17-10-6-7-11-18-25(2,3)23(27)28/h13-14,16H,6-12,15,17-19H2,1-5H3,(H,27,28)(H,29,30). The normalized spacial score (nSPS) is 12.2. The fourth-order valence-electron chi connectivity index (χ4n) is 3.85. The second-order valence-electron chi connectivity index (χ2n) is 10.1. The molecule has 0 saturated carbocycles. The second-order valence-corrected chi connectivity index (χ2v) is 10.1. The summed E-state index contributed by atoms with van der Waals surface area (Å²) in [6, 6.07) is 6.55. The summed E-state index contributed by atoms with van der Waals surface area (Å²) in [4.78, 5) is 22.4. The number of rotatable bonds is 15. The van der Waals surface area contributed by atoms with Gasteiger partial charge in [0.2, 0.25) is 0 Å². The van der Waals surface area contributed by atoms with Crippen LogP contribution in [0.3, 0.4) is 0 Å². The van der Waals surface area contributed by atoms with E-state index in [1.165, 1.54) is 16.7 Å². The molecule has 0 aliphatic rings. The van der Waals surface area contributed by atoms with Crippen molar-refractivity contribution in [2.45, 2.75) is 105 Å². The summed E-state index contributed by atoms with van der Waals surface area (Å²) in [5, 5.41) is 18.4. The third kappa shape index (κ3) is 8.89. The van der Waals surface area contributed by atoms with E-state index in [9.17, 15) is 19.8 Å². The van der Waals surface area contributed by atoms with Crippen molar-refractivity contribution in [3.05, 3.63) is 34.9 Å². The lowest BCUT2D eigenvalue weighted by atomic mass is 9.86. The lowest BCUT2D eigenvalue weighted by Gasteiger charge is -2.19. The van der Waals surface area contributed by atoms with E-state index in [1.54, 1.807) is 27.7 Å². The molecule has 0 saturated heterocycles. The Morgan fingerprint density at radius 1 is 0.733 bits per heavy atom. The van der Waals surface area contributed by atoms with Crippen LogP contribution < -0.4 is 0 Å². The molecule has 0 amide bonds. The van der Waals surface area contributed by atoms with Crippen molar-refractivity contribution in [2.24, 2.45) is 10.8 Å². The van der Waals surface area contributed by atoms with E-state index in [1.807, 2.05) is 0 Å². The fourth-order valence-corrected chi connectivity index (χ4v) is 3.85. The number of hydrogen-bond donors (Lipinski definition) is 2. The van der Waals surface area contributed by atoms with E-state index in [0.29, 0.717) is 0 Å². The molecule has 0 aromatic heterocycles. The van der Waals surface area contributed by atoms with Crippen molar-refractivity contribution in [1.82, 2.24) is 0 Å². The number of benzene rings is 1. The molecule has 0 spiro atoms. The highest BCUT2D eigenvalue weighted by atomic mass is 16.4. The Morgan fingerprint density at radius 2 is 1.20 bits per heavy atom. The summed E-state index contributed by atoms with van der Waals surface area (Å²) in [6.45, 7) is 9.39. The molecule has 0 heterocycles. The van der Waals surface area contributed by atoms with Crippen molar-refractivity contribution in [1.29, 1.82) is 0 Å². The summed E-state index contributed by atoms with van der Waals surface area (Å²) >= 11 is 0. The summed E-state index contributed by atoms with van der Waals surface area (Å²) < 4.78 is 0. The summed E-state index contributed by atoms with van der Waals surface area (Å²) in [5.74, 6) is -1.42. The molecule has 1 aromatic carbocycles. The summed E-state index contributed by atoms with van der Waals surface area (Å²) in [7, 11) is 0. The predicted octanol–water partition coefficient (Wildman–Crippen LogP) is 6.81. The zero-order valence-corrected chi connectivity index (χ0v) is 19.7. The Kier molecular flexibility index (Phi) is 10.6. The first kappa shape index (κ1) is 26.2. The average Bonchev–Trinajstić information content (AvgIpc) is 2.65. The van der Waals surface area contributed by atoms with Crippen LogP contribution in [0.25, 0.3) is 0 Å². The lowest BCUT2D eigenvalue weighted by Crippen LogP contribution is -2.23. The molecule has 1 rings (SSSR count). The molecule has 0 aliphatic carbocycles. The van der Waals surface area contributed by atoms with Gasteiger partial charge in [-0.15, -0.1) is 0 Å². The van der Waals surface area contributed by atoms with Crippen LogP contribution in [0.1, 0.15) is 102 Å². The van der Waals surface area contributed by atoms with Gasteiger partial charge in [-0.1, -0.05) is 50.3 Å². The maximum absolute atomic E-state index is 11.2. The largest absolute Gasteiger partial charge is 0.481 e. The molecule has 2 N–H and O–H groups in total. The van der Waals surface area contributed by atoms with Crippen LogP contribution in [0.5, 0.6) is 0 Å². The molecule has 1 aromatic rings. The number of hydrogen-bond acceptors (Lipinski definition) is 2. The van der Waals surface area contributed by atoms with Crippen LogP contribution in [0.2, 0.25) is 0 Å². The average molecular weight is 419 g/mol. The number of carboxylic acid groups (broad SMARTS) is 2. The van der Waals surface area contributed by atoms with Gasteiger partial charge in [-0.25, -0.2) is 0 Å². The van der Waals surface area contributed by atoms with Gasteiger partial charge in [-0.05, 0) is 89.8 Å². The van der Waals surface area contributed by atoms with Crippen LogP contribution >= 0.6 is 0 Å². The molecule has 0 radical (unpaired) electrons. The topological polar surface area (TPSA) is 74.6 Å². The minimum Gasteiger partial charge on any atom is -0.481 e. The minimum absolute atomic E-state index is 0.622. The molecule has 4 heteroatoms. The highest BCUT2D eigenvalue weighted by molar-refractivity contribution is 5.73. The number of aliphatic carboxylic acids is 2. The Morgan fingerprint density at radius 3 is 1.73 bits per heavy atom. The first-order valence-electron chi connectivity index (χ1n) is 11.5. The molecular weight excluding hydrogens is 376 g/mol. The SMILES string of the molecule is Cc1cccc(CCCCCC(C)(C)C(=O)O)c1CCCCCCC(C)(C)C(=O)O. The van der Waals surface area contributed by atoms with Gasteiger partial charge in [0, 0.05) is 0 Å². The monoisotopic (exact) mass is 418 g/mol. The zero-order valence-electron chi connectivity index (χ0n) is 19.7. The van der Waals surface area contributed by atoms with Gasteiger partial charge in [0.05, 0.1) is 10.8 Å². The van der Waals surface area contributed by atoms with E-state index in [0.717, 1.165) is 70.6 Å². The number of unbranched alkanes of at least 4 members (excludes halogenated alkanes) is 5. The van der Waals surface area contributed by atoms with E-state index < -0.39 is 22.8 Å². The summed E-state index contributed by atoms with van der Waals surface area (Å²) in [6.07, 6.45) is 11.0. The zero-order chi connectivity index (χ0) is 22.8. The Bertz CT molecular complexity index is 688. The Labute approximate surface area is 183 Å². The Balaban J connectivity index is 2.40. The maximum Gasteiger partial charge on any atom is 0.309 e. The molecular formula is C26H42O4. The van der Waals surface area contributed by atoms with Gasteiger partial charge < -0.3 is 10.2 Å². The summed E-state index contributed by atoms with van der Waals surface area (Å²) in [5.41, 5.74) is 3.00. The highest BCUT2D eigenvalue weighted by Crippen LogP contribution is 2.26. The smallest absolute Gasteiger partial charge is 0.309 e. The molecule has 0 bridgehead atoms. The van der Waals surface area contributed by atoms with Crippen molar-refractivity contribution in [3.8, 4) is 0 Å². The molecule has 0 unspecified atom stereocenters. The van der Waals surface area contributed by atoms with Crippen LogP contribution in [-0.2, 0) is 22.4 Å². The second kappa shape index (κ2) is 12.1. The quantitative estimate of drug-likeness (QED) is 0.307. The molecule has 0 aliphatic heterocycles. The van der Waals surface area contributed by atoms with Gasteiger partial charge >= 0.3 is 11.9 Å². The van der Waals surface area contributed by atoms with Gasteiger partial charge in [0.15, 0.2) is 0 Å². The van der Waals surface area contributed by atoms with Crippen LogP contribution in [-0.4, -0.2) is 22.2 Å². The van der Waals surface area contributed by atoms with Crippen molar-refractivity contribution in [3.63, 3.8) is 0 Å². The van der Waals surface area contributed by atoms with Gasteiger partial charge in [0.25, 0.3) is 0 Å². The number of aryl methyl sites for hydroxylation is 2. The molecule has 0 atom stereocenters. The van der Waals surface area contributed by atoms with Crippen LogP contribution in [0.15, 0.2) is 18.2 Å². The first-order chi connectivity index (χ1) is 14.0. The minimum atomic E-state index is -0.713. The van der Waals surface area contributed by atoms with E-state index in [2.05, 4.69) is 25.1 Å². The molecule has 170 valence electrons. The molecule has 0 fully saturated rings. The third-order valence-electron chi connectivity index (χ3n) is 6.39. The Hall–Kier alpha value is -1.84. The van der Waals surface area contributed by atoms with Crippen molar-refractivity contribution < 1.29 is 19.8 Å². The lowest BCUT2D eigenvalue weighted by molar-refractivity contribution is -0.148. The van der Waals surface area contributed by atoms with Crippen LogP contribution in [0, 0.1) is 17.8 Å². The first-order valence-corrected chi connectivity index (χ1v) is 11.5. The maximum atomic E-state index is 11.2. The van der Waals surface area contributed by atoms with Crippen molar-refractivity contribution >= 4 is 11.9 Å². The van der Waals surface area contributed by atoms with Gasteiger partial charge in [0.1, 0.15) is 0 Å².